The summed E-state index contributed by atoms with van der Waals surface area (Å²) in [5, 5.41) is 5.19. The summed E-state index contributed by atoms with van der Waals surface area (Å²) in [5.74, 6) is -1.52. The Balaban J connectivity index is 2.26. The number of nitrogens with zero attached hydrogens (tertiary/aromatic N) is 2. The summed E-state index contributed by atoms with van der Waals surface area (Å²) in [6, 6.07) is 9.22. The van der Waals surface area contributed by atoms with Crippen LogP contribution in [0.3, 0.4) is 0 Å². The van der Waals surface area contributed by atoms with E-state index >= 15 is 0 Å². The third-order valence-corrected chi connectivity index (χ3v) is 8.37. The summed E-state index contributed by atoms with van der Waals surface area (Å²) in [5.41, 5.74) is 1.24. The van der Waals surface area contributed by atoms with E-state index in [0.717, 1.165) is 12.0 Å². The van der Waals surface area contributed by atoms with Gasteiger partial charge in [0.05, 0.1) is 12.5 Å². The summed E-state index contributed by atoms with van der Waals surface area (Å²) in [6.45, 7) is 13.1. The van der Waals surface area contributed by atoms with Gasteiger partial charge >= 0.3 is 11.9 Å². The van der Waals surface area contributed by atoms with Crippen LogP contribution in [-0.4, -0.2) is 59.4 Å². The average molecular weight is 602 g/mol. The Labute approximate surface area is 254 Å². The van der Waals surface area contributed by atoms with Crippen LogP contribution in [0.25, 0.3) is 0 Å². The van der Waals surface area contributed by atoms with Crippen LogP contribution in [-0.2, 0) is 30.3 Å². The summed E-state index contributed by atoms with van der Waals surface area (Å²) >= 11 is 1.24. The molecule has 0 aliphatic rings. The van der Waals surface area contributed by atoms with Crippen LogP contribution in [0.15, 0.2) is 35.7 Å². The Morgan fingerprint density at radius 3 is 2.24 bits per heavy atom. The molecule has 0 aliphatic carbocycles. The minimum Gasteiger partial charge on any atom is -0.466 e. The first kappa shape index (κ1) is 34.9. The number of ether oxygens (including phenoxy) is 2. The van der Waals surface area contributed by atoms with E-state index in [9.17, 15) is 19.2 Å². The number of esters is 2. The summed E-state index contributed by atoms with van der Waals surface area (Å²) in [6.07, 6.45) is 1.32. The third kappa shape index (κ3) is 10.5. The van der Waals surface area contributed by atoms with Gasteiger partial charge in [-0.3, -0.25) is 19.2 Å². The van der Waals surface area contributed by atoms with Crippen molar-refractivity contribution in [3.8, 4) is 0 Å². The van der Waals surface area contributed by atoms with Gasteiger partial charge in [-0.1, -0.05) is 65.0 Å². The molecule has 0 unspecified atom stereocenters. The fourth-order valence-electron chi connectivity index (χ4n) is 4.88. The van der Waals surface area contributed by atoms with Crippen molar-refractivity contribution in [3.05, 3.63) is 52.0 Å². The average Bonchev–Trinajstić information content (AvgIpc) is 3.45. The van der Waals surface area contributed by atoms with E-state index in [-0.39, 0.29) is 47.4 Å². The van der Waals surface area contributed by atoms with E-state index in [2.05, 4.69) is 10.3 Å². The molecule has 1 aromatic carbocycles. The molecule has 0 saturated carbocycles. The maximum atomic E-state index is 13.4. The fraction of sp³-hybridized carbons (Fsp3) is 0.594. The molecular formula is C32H47N3O6S. The van der Waals surface area contributed by atoms with Crippen molar-refractivity contribution in [1.29, 1.82) is 0 Å². The molecule has 0 fully saturated rings. The highest BCUT2D eigenvalue weighted by Gasteiger charge is 2.32. The summed E-state index contributed by atoms with van der Waals surface area (Å²) < 4.78 is 10.9. The Morgan fingerprint density at radius 1 is 1.00 bits per heavy atom. The number of hydrogen-bond donors (Lipinski definition) is 1. The number of carbonyl (C=O) groups is 4. The molecule has 1 N–H and O–H groups in total. The first-order chi connectivity index (χ1) is 19.9. The monoisotopic (exact) mass is 601 g/mol. The number of thiazole rings is 1. The number of benzene rings is 1. The molecule has 232 valence electrons. The largest absolute Gasteiger partial charge is 0.466 e. The molecule has 1 aromatic heterocycles. The van der Waals surface area contributed by atoms with E-state index in [1.54, 1.807) is 31.2 Å². The van der Waals surface area contributed by atoms with Crippen LogP contribution in [0.1, 0.15) is 94.9 Å². The van der Waals surface area contributed by atoms with Gasteiger partial charge in [0.1, 0.15) is 10.7 Å². The zero-order valence-corrected chi connectivity index (χ0v) is 27.0. The van der Waals surface area contributed by atoms with E-state index < -0.39 is 18.0 Å². The molecule has 5 atom stereocenters. The molecule has 2 amide bonds. The van der Waals surface area contributed by atoms with Crippen LogP contribution in [0, 0.1) is 17.8 Å². The topological polar surface area (TPSA) is 115 Å². The number of carbonyl (C=O) groups excluding carboxylic acids is 4. The van der Waals surface area contributed by atoms with E-state index in [1.165, 1.54) is 18.3 Å². The Morgan fingerprint density at radius 2 is 1.67 bits per heavy atom. The van der Waals surface area contributed by atoms with E-state index in [0.29, 0.717) is 30.9 Å². The highest BCUT2D eigenvalue weighted by Crippen LogP contribution is 2.31. The van der Waals surface area contributed by atoms with Gasteiger partial charge in [-0.25, -0.2) is 4.98 Å². The van der Waals surface area contributed by atoms with Crippen LogP contribution < -0.4 is 5.32 Å². The highest BCUT2D eigenvalue weighted by atomic mass is 32.1. The Hall–Kier alpha value is -3.27. The van der Waals surface area contributed by atoms with Crippen LogP contribution in [0.2, 0.25) is 0 Å². The Bertz CT molecular complexity index is 1170. The van der Waals surface area contributed by atoms with Crippen LogP contribution in [0.4, 0.5) is 0 Å². The van der Waals surface area contributed by atoms with Gasteiger partial charge in [-0.05, 0) is 37.7 Å². The summed E-state index contributed by atoms with van der Waals surface area (Å²) in [4.78, 5) is 57.0. The lowest BCUT2D eigenvalue weighted by atomic mass is 9.95. The number of rotatable bonds is 16. The second-order valence-corrected chi connectivity index (χ2v) is 12.1. The number of hydrogen-bond acceptors (Lipinski definition) is 8. The lowest BCUT2D eigenvalue weighted by Gasteiger charge is -2.34. The molecule has 2 aromatic rings. The zero-order chi connectivity index (χ0) is 31.4. The molecule has 0 saturated heterocycles. The van der Waals surface area contributed by atoms with Gasteiger partial charge in [-0.15, -0.1) is 11.3 Å². The third-order valence-electron chi connectivity index (χ3n) is 7.43. The maximum absolute atomic E-state index is 13.4. The Kier molecular flexibility index (Phi) is 14.1. The second-order valence-electron chi connectivity index (χ2n) is 11.2. The molecule has 2 rings (SSSR count). The first-order valence-electron chi connectivity index (χ1n) is 14.8. The van der Waals surface area contributed by atoms with Crippen molar-refractivity contribution in [2.45, 2.75) is 92.3 Å². The lowest BCUT2D eigenvalue weighted by Crippen LogP contribution is -2.44. The molecule has 9 nitrogen and oxygen atoms in total. The number of amides is 2. The molecule has 10 heteroatoms. The molecule has 0 spiro atoms. The smallest absolute Gasteiger partial charge is 0.308 e. The van der Waals surface area contributed by atoms with Crippen molar-refractivity contribution in [2.75, 3.05) is 13.7 Å². The molecular weight excluding hydrogens is 554 g/mol. The second kappa shape index (κ2) is 17.0. The van der Waals surface area contributed by atoms with Gasteiger partial charge in [-0.2, -0.15) is 0 Å². The normalized spacial score (nSPS) is 14.8. The van der Waals surface area contributed by atoms with E-state index in [4.69, 9.17) is 9.47 Å². The minimum absolute atomic E-state index is 0.0403. The first-order valence-corrected chi connectivity index (χ1v) is 15.7. The van der Waals surface area contributed by atoms with Gasteiger partial charge in [0.15, 0.2) is 6.10 Å². The van der Waals surface area contributed by atoms with Gasteiger partial charge in [0.25, 0.3) is 5.91 Å². The molecule has 0 radical (unpaired) electrons. The predicted octanol–water partition coefficient (Wildman–Crippen LogP) is 5.60. The van der Waals surface area contributed by atoms with Crippen molar-refractivity contribution >= 4 is 35.1 Å². The molecule has 42 heavy (non-hydrogen) atoms. The summed E-state index contributed by atoms with van der Waals surface area (Å²) in [7, 11) is 1.79. The van der Waals surface area contributed by atoms with Crippen molar-refractivity contribution in [3.63, 3.8) is 0 Å². The number of aromatic nitrogens is 1. The zero-order valence-electron chi connectivity index (χ0n) is 26.2. The van der Waals surface area contributed by atoms with Crippen molar-refractivity contribution < 1.29 is 28.7 Å². The quantitative estimate of drug-likeness (QED) is 0.249. The van der Waals surface area contributed by atoms with Crippen LogP contribution in [0.5, 0.6) is 0 Å². The molecule has 0 bridgehead atoms. The SMILES string of the molecule is CCOC(=O)[C@@H](C)C[C@H](Cc1ccccc1)NC(=O)c1csc([C@@H](C[C@H](C(C)C)N(C)C(=O)[C@@H](C)CC)OC(C)=O)n1. The van der Waals surface area contributed by atoms with Gasteiger partial charge in [0, 0.05) is 43.8 Å². The maximum Gasteiger partial charge on any atom is 0.308 e. The standard InChI is InChI=1S/C32H47N3O6S/c1-9-21(5)31(38)35(8)27(20(3)4)18-28(41-23(7)36)30-34-26(19-42-30)29(37)33-25(16-22(6)32(39)40-10-2)17-24-14-12-11-13-15-24/h11-15,19-22,25,27-28H,9-10,16-18H2,1-8H3,(H,33,37)/t21-,22-,25+,27+,28+/m0/s1. The highest BCUT2D eigenvalue weighted by molar-refractivity contribution is 7.09. The van der Waals surface area contributed by atoms with Crippen molar-refractivity contribution in [2.24, 2.45) is 17.8 Å². The predicted molar refractivity (Wildman–Crippen MR) is 164 cm³/mol. The van der Waals surface area contributed by atoms with E-state index in [1.807, 2.05) is 58.0 Å². The molecule has 0 aliphatic heterocycles. The molecule has 1 heterocycles. The number of nitrogens with one attached hydrogen (secondary N) is 1. The lowest BCUT2D eigenvalue weighted by molar-refractivity contribution is -0.149. The van der Waals surface area contributed by atoms with Crippen LogP contribution >= 0.6 is 11.3 Å². The van der Waals surface area contributed by atoms with Gasteiger partial charge < -0.3 is 19.7 Å². The minimum atomic E-state index is -0.711. The van der Waals surface area contributed by atoms with Crippen molar-refractivity contribution in [1.82, 2.24) is 15.2 Å². The van der Waals surface area contributed by atoms with Gasteiger partial charge in [0.2, 0.25) is 5.91 Å². The fourth-order valence-corrected chi connectivity index (χ4v) is 5.72.